The SMILES string of the molecule is CN(C)CCn1ccc2c3nc(-c4cccc(OCc5ccccc5)c4)nc(N4CCOCC4)c3ccc21. The topological polar surface area (TPSA) is 55.7 Å². The normalized spacial score (nSPS) is 14.0. The molecule has 0 bridgehead atoms. The van der Waals surface area contributed by atoms with E-state index in [-0.39, 0.29) is 0 Å². The lowest BCUT2D eigenvalue weighted by molar-refractivity contribution is 0.122. The van der Waals surface area contributed by atoms with Crippen LogP contribution < -0.4 is 9.64 Å². The number of ether oxygens (including phenoxy) is 2. The van der Waals surface area contributed by atoms with E-state index in [0.29, 0.717) is 25.6 Å². The van der Waals surface area contributed by atoms with Crippen LogP contribution in [0.4, 0.5) is 5.82 Å². The monoisotopic (exact) mass is 507 g/mol. The van der Waals surface area contributed by atoms with Crippen LogP contribution in [0, 0.1) is 0 Å². The fourth-order valence-electron chi connectivity index (χ4n) is 4.96. The van der Waals surface area contributed by atoms with Gasteiger partial charge in [0.05, 0.1) is 24.2 Å². The van der Waals surface area contributed by atoms with Gasteiger partial charge in [-0.2, -0.15) is 0 Å². The first-order valence-corrected chi connectivity index (χ1v) is 13.2. The van der Waals surface area contributed by atoms with Crippen molar-refractivity contribution < 1.29 is 9.47 Å². The van der Waals surface area contributed by atoms with Crippen molar-refractivity contribution in [3.8, 4) is 17.1 Å². The molecule has 6 rings (SSSR count). The summed E-state index contributed by atoms with van der Waals surface area (Å²) in [5.41, 5.74) is 4.25. The molecule has 0 radical (unpaired) electrons. The van der Waals surface area contributed by atoms with Gasteiger partial charge in [-0.1, -0.05) is 42.5 Å². The number of morpholine rings is 1. The summed E-state index contributed by atoms with van der Waals surface area (Å²) in [6.45, 7) is 5.45. The number of rotatable bonds is 8. The van der Waals surface area contributed by atoms with Crippen LogP contribution in [0.2, 0.25) is 0 Å². The number of hydrogen-bond acceptors (Lipinski definition) is 6. The predicted molar refractivity (Wildman–Crippen MR) is 153 cm³/mol. The van der Waals surface area contributed by atoms with Crippen molar-refractivity contribution in [3.05, 3.63) is 84.6 Å². The average molecular weight is 508 g/mol. The van der Waals surface area contributed by atoms with E-state index in [0.717, 1.165) is 65.2 Å². The summed E-state index contributed by atoms with van der Waals surface area (Å²) in [5, 5.41) is 2.22. The van der Waals surface area contributed by atoms with Gasteiger partial charge in [0.15, 0.2) is 5.82 Å². The molecule has 0 atom stereocenters. The molecule has 194 valence electrons. The van der Waals surface area contributed by atoms with E-state index in [9.17, 15) is 0 Å². The molecule has 0 unspecified atom stereocenters. The minimum Gasteiger partial charge on any atom is -0.489 e. The molecule has 0 aliphatic carbocycles. The molecule has 0 saturated carbocycles. The molecule has 7 nitrogen and oxygen atoms in total. The third-order valence-corrected chi connectivity index (χ3v) is 7.03. The van der Waals surface area contributed by atoms with Crippen LogP contribution in [0.5, 0.6) is 5.75 Å². The Kier molecular flexibility index (Phi) is 6.94. The summed E-state index contributed by atoms with van der Waals surface area (Å²) in [6.07, 6.45) is 2.17. The van der Waals surface area contributed by atoms with Gasteiger partial charge >= 0.3 is 0 Å². The lowest BCUT2D eigenvalue weighted by atomic mass is 10.1. The van der Waals surface area contributed by atoms with Crippen LogP contribution in [0.1, 0.15) is 5.56 Å². The molecule has 1 saturated heterocycles. The maximum atomic E-state index is 6.12. The number of likely N-dealkylation sites (N-methyl/N-ethyl adjacent to an activating group) is 1. The minimum atomic E-state index is 0.517. The molecule has 2 aromatic heterocycles. The molecule has 0 amide bonds. The molecule has 1 aliphatic heterocycles. The molecule has 3 aromatic carbocycles. The van der Waals surface area contributed by atoms with Gasteiger partial charge in [-0.25, -0.2) is 9.97 Å². The van der Waals surface area contributed by atoms with Crippen LogP contribution >= 0.6 is 0 Å². The molecule has 1 aliphatic rings. The second-order valence-corrected chi connectivity index (χ2v) is 9.98. The molecular formula is C31H33N5O2. The summed E-state index contributed by atoms with van der Waals surface area (Å²) in [4.78, 5) is 14.8. The lowest BCUT2D eigenvalue weighted by Gasteiger charge is -2.29. The Morgan fingerprint density at radius 1 is 0.895 bits per heavy atom. The van der Waals surface area contributed by atoms with Crippen molar-refractivity contribution >= 4 is 27.6 Å². The smallest absolute Gasteiger partial charge is 0.162 e. The fourth-order valence-corrected chi connectivity index (χ4v) is 4.96. The van der Waals surface area contributed by atoms with E-state index >= 15 is 0 Å². The van der Waals surface area contributed by atoms with Crippen molar-refractivity contribution in [2.75, 3.05) is 51.8 Å². The second kappa shape index (κ2) is 10.8. The fraction of sp³-hybridized carbons (Fsp3) is 0.290. The van der Waals surface area contributed by atoms with Crippen LogP contribution in [0.25, 0.3) is 33.2 Å². The molecule has 0 N–H and O–H groups in total. The number of hydrogen-bond donors (Lipinski definition) is 0. The first-order valence-electron chi connectivity index (χ1n) is 13.2. The molecule has 1 fully saturated rings. The van der Waals surface area contributed by atoms with E-state index in [1.54, 1.807) is 0 Å². The standard InChI is InChI=1S/C31H33N5O2/c1-34(2)15-16-35-14-13-26-28(35)12-11-27-29(26)32-30(33-31(27)36-17-19-37-20-18-36)24-9-6-10-25(21-24)38-22-23-7-4-3-5-8-23/h3-14,21H,15-20,22H2,1-2H3. The summed E-state index contributed by atoms with van der Waals surface area (Å²) in [6, 6.07) is 24.9. The molecule has 38 heavy (non-hydrogen) atoms. The second-order valence-electron chi connectivity index (χ2n) is 9.98. The quantitative estimate of drug-likeness (QED) is 0.287. The highest BCUT2D eigenvalue weighted by Gasteiger charge is 2.20. The highest BCUT2D eigenvalue weighted by atomic mass is 16.5. The zero-order valence-corrected chi connectivity index (χ0v) is 22.0. The summed E-state index contributed by atoms with van der Waals surface area (Å²) in [7, 11) is 4.21. The maximum absolute atomic E-state index is 6.12. The molecule has 0 spiro atoms. The van der Waals surface area contributed by atoms with Crippen molar-refractivity contribution in [1.29, 1.82) is 0 Å². The molecule has 7 heteroatoms. The third-order valence-electron chi connectivity index (χ3n) is 7.03. The van der Waals surface area contributed by atoms with E-state index in [4.69, 9.17) is 19.4 Å². The van der Waals surface area contributed by atoms with Crippen molar-refractivity contribution in [1.82, 2.24) is 19.4 Å². The van der Waals surface area contributed by atoms with E-state index in [1.807, 2.05) is 36.4 Å². The largest absolute Gasteiger partial charge is 0.489 e. The first kappa shape index (κ1) is 24.4. The number of aromatic nitrogens is 3. The van der Waals surface area contributed by atoms with Crippen molar-refractivity contribution in [3.63, 3.8) is 0 Å². The maximum Gasteiger partial charge on any atom is 0.162 e. The zero-order chi connectivity index (χ0) is 25.9. The van der Waals surface area contributed by atoms with Gasteiger partial charge in [-0.15, -0.1) is 0 Å². The number of fused-ring (bicyclic) bond motifs is 3. The van der Waals surface area contributed by atoms with Crippen LogP contribution in [0.15, 0.2) is 79.0 Å². The Hall–Kier alpha value is -3.94. The number of benzene rings is 3. The van der Waals surface area contributed by atoms with Gasteiger partial charge in [0.25, 0.3) is 0 Å². The zero-order valence-electron chi connectivity index (χ0n) is 22.0. The highest BCUT2D eigenvalue weighted by Crippen LogP contribution is 2.34. The molecular weight excluding hydrogens is 474 g/mol. The predicted octanol–water partition coefficient (Wildman–Crippen LogP) is 5.23. The van der Waals surface area contributed by atoms with Gasteiger partial charge in [-0.3, -0.25) is 0 Å². The van der Waals surface area contributed by atoms with Gasteiger partial charge in [0, 0.05) is 48.7 Å². The lowest BCUT2D eigenvalue weighted by Crippen LogP contribution is -2.37. The minimum absolute atomic E-state index is 0.517. The summed E-state index contributed by atoms with van der Waals surface area (Å²) < 4.78 is 14.1. The summed E-state index contributed by atoms with van der Waals surface area (Å²) >= 11 is 0. The van der Waals surface area contributed by atoms with Crippen molar-refractivity contribution in [2.45, 2.75) is 13.2 Å². The van der Waals surface area contributed by atoms with Crippen LogP contribution in [0.3, 0.4) is 0 Å². The van der Waals surface area contributed by atoms with Crippen molar-refractivity contribution in [2.24, 2.45) is 0 Å². The average Bonchev–Trinajstić information content (AvgIpc) is 3.39. The van der Waals surface area contributed by atoms with Gasteiger partial charge in [0.2, 0.25) is 0 Å². The molecule has 5 aromatic rings. The molecule has 3 heterocycles. The van der Waals surface area contributed by atoms with Crippen LogP contribution in [-0.4, -0.2) is 66.4 Å². The Bertz CT molecular complexity index is 1540. The van der Waals surface area contributed by atoms with Gasteiger partial charge in [0.1, 0.15) is 18.2 Å². The Morgan fingerprint density at radius 3 is 2.55 bits per heavy atom. The van der Waals surface area contributed by atoms with E-state index in [2.05, 4.69) is 71.1 Å². The Balaban J connectivity index is 1.42. The highest BCUT2D eigenvalue weighted by molar-refractivity contribution is 6.08. The number of nitrogens with zero attached hydrogens (tertiary/aromatic N) is 5. The first-order chi connectivity index (χ1) is 18.7. The summed E-state index contributed by atoms with van der Waals surface area (Å²) in [5.74, 6) is 2.47. The third kappa shape index (κ3) is 5.08. The van der Waals surface area contributed by atoms with Gasteiger partial charge in [-0.05, 0) is 50.0 Å². The van der Waals surface area contributed by atoms with Gasteiger partial charge < -0.3 is 23.8 Å². The Morgan fingerprint density at radius 2 is 1.74 bits per heavy atom. The van der Waals surface area contributed by atoms with Crippen LogP contribution in [-0.2, 0) is 17.9 Å². The van der Waals surface area contributed by atoms with E-state index in [1.165, 1.54) is 5.52 Å². The Labute approximate surface area is 223 Å². The number of anilines is 1. The van der Waals surface area contributed by atoms with E-state index < -0.39 is 0 Å².